The summed E-state index contributed by atoms with van der Waals surface area (Å²) < 4.78 is 0. The first-order valence-electron chi connectivity index (χ1n) is 7.70. The van der Waals surface area contributed by atoms with Crippen molar-refractivity contribution in [2.24, 2.45) is 0 Å². The maximum absolute atomic E-state index is 12.2. The van der Waals surface area contributed by atoms with Crippen molar-refractivity contribution in [1.82, 2.24) is 9.80 Å². The van der Waals surface area contributed by atoms with E-state index < -0.39 is 0 Å². The molecule has 1 fully saturated rings. The molecule has 2 rings (SSSR count). The highest BCUT2D eigenvalue weighted by Gasteiger charge is 2.19. The minimum atomic E-state index is -0.109. The third-order valence-electron chi connectivity index (χ3n) is 3.80. The highest BCUT2D eigenvalue weighted by atomic mass is 16.2. The molecule has 2 amide bonds. The largest absolute Gasteiger partial charge is 0.376 e. The lowest BCUT2D eigenvalue weighted by atomic mass is 10.2. The second-order valence-corrected chi connectivity index (χ2v) is 5.43. The van der Waals surface area contributed by atoms with Gasteiger partial charge in [0.15, 0.2) is 0 Å². The molecule has 120 valence electrons. The standard InChI is InChI=1S/C16H24N4O2/c1-3-19-7-9-20(10-8-19)16(22)12-17-14-5-4-6-15(11-14)18-13(2)21/h4-6,11,17H,3,7-10,12H2,1-2H3,(H,18,21). The molecule has 0 aromatic heterocycles. The van der Waals surface area contributed by atoms with Gasteiger partial charge in [0, 0.05) is 44.5 Å². The van der Waals surface area contributed by atoms with Crippen LogP contribution in [-0.4, -0.2) is 60.9 Å². The number of nitrogens with one attached hydrogen (secondary N) is 2. The normalized spacial score (nSPS) is 15.5. The van der Waals surface area contributed by atoms with Crippen LogP contribution in [0.15, 0.2) is 24.3 Å². The fourth-order valence-electron chi connectivity index (χ4n) is 2.51. The predicted molar refractivity (Wildman–Crippen MR) is 87.9 cm³/mol. The zero-order valence-electron chi connectivity index (χ0n) is 13.3. The summed E-state index contributed by atoms with van der Waals surface area (Å²) in [6, 6.07) is 7.37. The van der Waals surface area contributed by atoms with Crippen molar-refractivity contribution in [3.8, 4) is 0 Å². The molecule has 1 aliphatic rings. The van der Waals surface area contributed by atoms with Gasteiger partial charge in [-0.1, -0.05) is 13.0 Å². The van der Waals surface area contributed by atoms with E-state index in [0.29, 0.717) is 0 Å². The molecule has 1 saturated heterocycles. The fourth-order valence-corrected chi connectivity index (χ4v) is 2.51. The lowest BCUT2D eigenvalue weighted by Crippen LogP contribution is -2.49. The average Bonchev–Trinajstić information content (AvgIpc) is 2.52. The second kappa shape index (κ2) is 7.79. The Bertz CT molecular complexity index is 525. The van der Waals surface area contributed by atoms with E-state index in [0.717, 1.165) is 44.1 Å². The van der Waals surface area contributed by atoms with Crippen molar-refractivity contribution in [1.29, 1.82) is 0 Å². The molecule has 22 heavy (non-hydrogen) atoms. The van der Waals surface area contributed by atoms with Gasteiger partial charge in [0.25, 0.3) is 0 Å². The molecule has 0 bridgehead atoms. The van der Waals surface area contributed by atoms with Crippen molar-refractivity contribution in [3.05, 3.63) is 24.3 Å². The van der Waals surface area contributed by atoms with Crippen molar-refractivity contribution < 1.29 is 9.59 Å². The van der Waals surface area contributed by atoms with Crippen molar-refractivity contribution >= 4 is 23.2 Å². The average molecular weight is 304 g/mol. The van der Waals surface area contributed by atoms with E-state index in [-0.39, 0.29) is 18.4 Å². The van der Waals surface area contributed by atoms with Crippen LogP contribution >= 0.6 is 0 Å². The number of carbonyl (C=O) groups excluding carboxylic acids is 2. The Labute approximate surface area is 131 Å². The lowest BCUT2D eigenvalue weighted by molar-refractivity contribution is -0.131. The van der Waals surface area contributed by atoms with E-state index >= 15 is 0 Å². The Morgan fingerprint density at radius 3 is 2.45 bits per heavy atom. The number of hydrogen-bond donors (Lipinski definition) is 2. The Hall–Kier alpha value is -2.08. The van der Waals surface area contributed by atoms with E-state index in [1.54, 1.807) is 0 Å². The molecule has 0 spiro atoms. The summed E-state index contributed by atoms with van der Waals surface area (Å²) >= 11 is 0. The summed E-state index contributed by atoms with van der Waals surface area (Å²) in [5.41, 5.74) is 1.55. The molecule has 1 aromatic rings. The van der Waals surface area contributed by atoms with Gasteiger partial charge in [0.2, 0.25) is 11.8 Å². The molecule has 0 atom stereocenters. The maximum atomic E-state index is 12.2. The van der Waals surface area contributed by atoms with Gasteiger partial charge in [-0.3, -0.25) is 9.59 Å². The van der Waals surface area contributed by atoms with Crippen molar-refractivity contribution in [3.63, 3.8) is 0 Å². The molecule has 1 aliphatic heterocycles. The van der Waals surface area contributed by atoms with Crippen LogP contribution in [0.25, 0.3) is 0 Å². The Morgan fingerprint density at radius 1 is 1.14 bits per heavy atom. The zero-order valence-corrected chi connectivity index (χ0v) is 13.3. The molecule has 0 aliphatic carbocycles. The van der Waals surface area contributed by atoms with E-state index in [1.807, 2.05) is 29.2 Å². The lowest BCUT2D eigenvalue weighted by Gasteiger charge is -2.34. The summed E-state index contributed by atoms with van der Waals surface area (Å²) in [6.07, 6.45) is 0. The Morgan fingerprint density at radius 2 is 1.82 bits per heavy atom. The Balaban J connectivity index is 1.82. The Kier molecular flexibility index (Phi) is 5.77. The quantitative estimate of drug-likeness (QED) is 0.858. The van der Waals surface area contributed by atoms with Gasteiger partial charge in [0.1, 0.15) is 0 Å². The predicted octanol–water partition coefficient (Wildman–Crippen LogP) is 1.22. The molecule has 1 heterocycles. The van der Waals surface area contributed by atoms with Crippen molar-refractivity contribution in [2.45, 2.75) is 13.8 Å². The highest BCUT2D eigenvalue weighted by Crippen LogP contribution is 2.15. The number of likely N-dealkylation sites (N-methyl/N-ethyl adjacent to an activating group) is 1. The summed E-state index contributed by atoms with van der Waals surface area (Å²) in [5.74, 6) is 0.00250. The third-order valence-corrected chi connectivity index (χ3v) is 3.80. The first-order valence-corrected chi connectivity index (χ1v) is 7.70. The summed E-state index contributed by atoms with van der Waals surface area (Å²) in [5, 5.41) is 5.85. The molecule has 6 nitrogen and oxygen atoms in total. The highest BCUT2D eigenvalue weighted by molar-refractivity contribution is 5.89. The summed E-state index contributed by atoms with van der Waals surface area (Å²) in [4.78, 5) is 27.5. The minimum Gasteiger partial charge on any atom is -0.376 e. The van der Waals surface area contributed by atoms with Crippen molar-refractivity contribution in [2.75, 3.05) is 49.9 Å². The molecule has 2 N–H and O–H groups in total. The number of piperazine rings is 1. The smallest absolute Gasteiger partial charge is 0.241 e. The van der Waals surface area contributed by atoms with Crippen LogP contribution < -0.4 is 10.6 Å². The molecule has 0 saturated carbocycles. The van der Waals surface area contributed by atoms with E-state index in [1.165, 1.54) is 6.92 Å². The first kappa shape index (κ1) is 16.3. The summed E-state index contributed by atoms with van der Waals surface area (Å²) in [6.45, 7) is 8.40. The molecule has 6 heteroatoms. The molecule has 1 aromatic carbocycles. The van der Waals surface area contributed by atoms with Crippen LogP contribution in [0.3, 0.4) is 0 Å². The second-order valence-electron chi connectivity index (χ2n) is 5.43. The van der Waals surface area contributed by atoms with E-state index in [4.69, 9.17) is 0 Å². The van der Waals surface area contributed by atoms with Crippen LogP contribution in [-0.2, 0) is 9.59 Å². The van der Waals surface area contributed by atoms with Gasteiger partial charge < -0.3 is 20.4 Å². The topological polar surface area (TPSA) is 64.7 Å². The fraction of sp³-hybridized carbons (Fsp3) is 0.500. The van der Waals surface area contributed by atoms with Gasteiger partial charge >= 0.3 is 0 Å². The van der Waals surface area contributed by atoms with E-state index in [2.05, 4.69) is 22.5 Å². The van der Waals surface area contributed by atoms with Gasteiger partial charge in [-0.25, -0.2) is 0 Å². The van der Waals surface area contributed by atoms with Crippen LogP contribution in [0.5, 0.6) is 0 Å². The van der Waals surface area contributed by atoms with E-state index in [9.17, 15) is 9.59 Å². The monoisotopic (exact) mass is 304 g/mol. The number of amides is 2. The summed E-state index contributed by atoms with van der Waals surface area (Å²) in [7, 11) is 0. The molecular formula is C16H24N4O2. The minimum absolute atomic E-state index is 0.109. The van der Waals surface area contributed by atoms with Gasteiger partial charge in [-0.2, -0.15) is 0 Å². The van der Waals surface area contributed by atoms with Crippen LogP contribution in [0, 0.1) is 0 Å². The number of rotatable bonds is 5. The first-order chi connectivity index (χ1) is 10.6. The third kappa shape index (κ3) is 4.73. The maximum Gasteiger partial charge on any atom is 0.241 e. The number of carbonyl (C=O) groups is 2. The van der Waals surface area contributed by atoms with Gasteiger partial charge in [-0.05, 0) is 24.7 Å². The number of hydrogen-bond acceptors (Lipinski definition) is 4. The zero-order chi connectivity index (χ0) is 15.9. The molecule has 0 radical (unpaired) electrons. The number of benzene rings is 1. The molecule has 0 unspecified atom stereocenters. The molecular weight excluding hydrogens is 280 g/mol. The number of anilines is 2. The van der Waals surface area contributed by atoms with Crippen LogP contribution in [0.2, 0.25) is 0 Å². The van der Waals surface area contributed by atoms with Crippen LogP contribution in [0.4, 0.5) is 11.4 Å². The van der Waals surface area contributed by atoms with Gasteiger partial charge in [0.05, 0.1) is 6.54 Å². The number of nitrogens with zero attached hydrogens (tertiary/aromatic N) is 2. The SMILES string of the molecule is CCN1CCN(C(=O)CNc2cccc(NC(C)=O)c2)CC1. The van der Waals surface area contributed by atoms with Crippen LogP contribution in [0.1, 0.15) is 13.8 Å². The van der Waals surface area contributed by atoms with Gasteiger partial charge in [-0.15, -0.1) is 0 Å².